The molecule has 0 N–H and O–H groups in total. The van der Waals surface area contributed by atoms with Crippen LogP contribution in [0.3, 0.4) is 0 Å². The SMILES string of the molecule is [O-][Cl+3]([O-])([O-])[O-].c1ccc(CSc2sc(-c3ccccc3)nc2[P+](c2ccccc2)(c2ccccc2)c2ccccc2)cc1. The van der Waals surface area contributed by atoms with Crippen molar-refractivity contribution in [1.29, 1.82) is 0 Å². The van der Waals surface area contributed by atoms with Crippen LogP contribution in [0.15, 0.2) is 156 Å². The molecule has 0 saturated carbocycles. The molecule has 0 bridgehead atoms. The molecule has 0 spiro atoms. The van der Waals surface area contributed by atoms with Crippen LogP contribution in [0.4, 0.5) is 0 Å². The molecule has 0 aliphatic carbocycles. The second-order valence-corrected chi connectivity index (χ2v) is 15.6. The summed E-state index contributed by atoms with van der Waals surface area (Å²) < 4.78 is 35.3. The van der Waals surface area contributed by atoms with Crippen LogP contribution in [0.5, 0.6) is 0 Å². The van der Waals surface area contributed by atoms with Crippen molar-refractivity contribution in [2.45, 2.75) is 9.96 Å². The first-order valence-corrected chi connectivity index (χ1v) is 18.1. The molecule has 0 radical (unpaired) electrons. The fourth-order valence-corrected chi connectivity index (χ4v) is 12.0. The molecule has 216 valence electrons. The predicted molar refractivity (Wildman–Crippen MR) is 168 cm³/mol. The summed E-state index contributed by atoms with van der Waals surface area (Å²) >= 11 is 3.73. The van der Waals surface area contributed by atoms with Crippen molar-refractivity contribution in [1.82, 2.24) is 4.98 Å². The van der Waals surface area contributed by atoms with E-state index in [1.807, 2.05) is 23.1 Å². The fourth-order valence-electron chi connectivity index (χ4n) is 4.80. The molecule has 43 heavy (non-hydrogen) atoms. The smallest absolute Gasteiger partial charge is 0.222 e. The number of aromatic nitrogens is 1. The van der Waals surface area contributed by atoms with Crippen LogP contribution in [0, 0.1) is 10.2 Å². The third-order valence-electron chi connectivity index (χ3n) is 6.56. The Hall–Kier alpha value is -3.36. The summed E-state index contributed by atoms with van der Waals surface area (Å²) in [5.74, 6) is 0.905. The van der Waals surface area contributed by atoms with Crippen LogP contribution >= 0.6 is 30.4 Å². The topological polar surface area (TPSA) is 105 Å². The molecular weight excluding hydrogens is 617 g/mol. The zero-order chi connectivity index (χ0) is 30.1. The Morgan fingerprint density at radius 3 is 1.35 bits per heavy atom. The number of halogens is 1. The highest BCUT2D eigenvalue weighted by Crippen LogP contribution is 2.57. The maximum atomic E-state index is 8.49. The standard InChI is InChI=1S/C34H27NPS2.ClHO4/c1-6-16-27(17-7-1)26-37-34-32(35-33(38-34)28-18-8-2-9-19-28)36(29-20-10-3-11-21-29,30-22-12-4-13-23-30)31-24-14-5-15-25-31;2-1(3,4)5/h1-25H,26H2;(H,2,3,4,5)/q+1;/p-1. The molecule has 1 aromatic heterocycles. The summed E-state index contributed by atoms with van der Waals surface area (Å²) in [6, 6.07) is 54.4. The van der Waals surface area contributed by atoms with Gasteiger partial charge in [-0.1, -0.05) is 115 Å². The molecule has 5 nitrogen and oxygen atoms in total. The third-order valence-corrected chi connectivity index (χ3v) is 13.5. The quantitative estimate of drug-likeness (QED) is 0.187. The lowest BCUT2D eigenvalue weighted by Crippen LogP contribution is -2.68. The van der Waals surface area contributed by atoms with E-state index in [1.165, 1.54) is 31.1 Å². The van der Waals surface area contributed by atoms with Gasteiger partial charge in [-0.15, -0.1) is 33.3 Å². The van der Waals surface area contributed by atoms with E-state index in [4.69, 9.17) is 23.6 Å². The van der Waals surface area contributed by atoms with Crippen LogP contribution in [0.2, 0.25) is 0 Å². The van der Waals surface area contributed by atoms with Crippen molar-refractivity contribution in [3.05, 3.63) is 157 Å². The second kappa shape index (κ2) is 14.4. The minimum Gasteiger partial charge on any atom is -0.222 e. The Balaban J connectivity index is 0.000000682. The van der Waals surface area contributed by atoms with Gasteiger partial charge in [0.2, 0.25) is 5.44 Å². The molecule has 0 unspecified atom stereocenters. The number of thioether (sulfide) groups is 1. The molecule has 9 heteroatoms. The van der Waals surface area contributed by atoms with Crippen LogP contribution in [0.25, 0.3) is 10.6 Å². The molecule has 0 fully saturated rings. The van der Waals surface area contributed by atoms with Crippen molar-refractivity contribution < 1.29 is 28.9 Å². The summed E-state index contributed by atoms with van der Waals surface area (Å²) in [6.07, 6.45) is 0. The number of thiazole rings is 1. The molecule has 0 saturated heterocycles. The van der Waals surface area contributed by atoms with E-state index in [0.717, 1.165) is 16.3 Å². The summed E-state index contributed by atoms with van der Waals surface area (Å²) in [5, 5.41) is 5.04. The molecular formula is C34H27ClNO4PS2. The number of rotatable bonds is 8. The van der Waals surface area contributed by atoms with Crippen LogP contribution in [-0.4, -0.2) is 4.98 Å². The Kier molecular flexibility index (Phi) is 10.4. The van der Waals surface area contributed by atoms with Gasteiger partial charge in [0, 0.05) is 11.3 Å². The normalized spacial score (nSPS) is 11.4. The maximum absolute atomic E-state index is 8.49. The van der Waals surface area contributed by atoms with E-state index in [1.54, 1.807) is 0 Å². The minimum atomic E-state index is -4.94. The Labute approximate surface area is 262 Å². The van der Waals surface area contributed by atoms with Gasteiger partial charge in [-0.25, -0.2) is 18.6 Å². The largest absolute Gasteiger partial charge is 0.223 e. The highest BCUT2D eigenvalue weighted by atomic mass is 35.7. The Morgan fingerprint density at radius 1 is 0.558 bits per heavy atom. The Morgan fingerprint density at radius 2 is 0.930 bits per heavy atom. The summed E-state index contributed by atoms with van der Waals surface area (Å²) in [6.45, 7) is 0. The van der Waals surface area contributed by atoms with Crippen LogP contribution in [0.1, 0.15) is 5.56 Å². The summed E-state index contributed by atoms with van der Waals surface area (Å²) in [5.41, 5.74) is 3.68. The van der Waals surface area contributed by atoms with Gasteiger partial charge in [-0.05, 0) is 42.0 Å². The average molecular weight is 644 g/mol. The van der Waals surface area contributed by atoms with E-state index in [2.05, 4.69) is 152 Å². The van der Waals surface area contributed by atoms with Crippen molar-refractivity contribution in [2.24, 2.45) is 0 Å². The molecule has 5 aromatic carbocycles. The van der Waals surface area contributed by atoms with Gasteiger partial charge < -0.3 is 0 Å². The lowest BCUT2D eigenvalue weighted by Gasteiger charge is -2.26. The minimum absolute atomic E-state index is 0.905. The van der Waals surface area contributed by atoms with E-state index in [0.29, 0.717) is 0 Å². The zero-order valence-electron chi connectivity index (χ0n) is 22.9. The molecule has 1 heterocycles. The van der Waals surface area contributed by atoms with E-state index in [9.17, 15) is 0 Å². The fraction of sp³-hybridized carbons (Fsp3) is 0.0294. The van der Waals surface area contributed by atoms with Gasteiger partial charge in [0.15, 0.2) is 7.26 Å². The Bertz CT molecular complexity index is 1600. The first-order valence-electron chi connectivity index (χ1n) is 13.3. The van der Waals surface area contributed by atoms with Gasteiger partial charge in [0.05, 0.1) is 0 Å². The van der Waals surface area contributed by atoms with E-state index >= 15 is 0 Å². The molecule has 0 amide bonds. The molecule has 6 aromatic rings. The summed E-state index contributed by atoms with van der Waals surface area (Å²) in [7, 11) is -7.23. The predicted octanol–water partition coefficient (Wildman–Crippen LogP) is 2.97. The highest BCUT2D eigenvalue weighted by molar-refractivity contribution is 8.05. The lowest BCUT2D eigenvalue weighted by molar-refractivity contribution is -2.00. The van der Waals surface area contributed by atoms with Gasteiger partial charge in [-0.3, -0.25) is 0 Å². The van der Waals surface area contributed by atoms with Crippen molar-refractivity contribution in [2.75, 3.05) is 0 Å². The number of hydrogen-bond donors (Lipinski definition) is 0. The van der Waals surface area contributed by atoms with Gasteiger partial charge >= 0.3 is 0 Å². The monoisotopic (exact) mass is 643 g/mol. The third kappa shape index (κ3) is 7.78. The van der Waals surface area contributed by atoms with Gasteiger partial charge in [0.1, 0.15) is 25.1 Å². The van der Waals surface area contributed by atoms with E-state index < -0.39 is 17.5 Å². The molecule has 0 aliphatic rings. The van der Waals surface area contributed by atoms with Crippen LogP contribution < -0.4 is 40.0 Å². The maximum Gasteiger partial charge on any atom is 0.223 e. The number of benzene rings is 5. The first kappa shape index (κ1) is 31.1. The number of hydrogen-bond acceptors (Lipinski definition) is 7. The average Bonchev–Trinajstić information content (AvgIpc) is 3.47. The van der Waals surface area contributed by atoms with Gasteiger partial charge in [0.25, 0.3) is 0 Å². The van der Waals surface area contributed by atoms with E-state index in [-0.39, 0.29) is 0 Å². The summed E-state index contributed by atoms with van der Waals surface area (Å²) in [4.78, 5) is 5.54. The molecule has 0 atom stereocenters. The molecule has 6 rings (SSSR count). The lowest BCUT2D eigenvalue weighted by atomic mass is 10.2. The van der Waals surface area contributed by atoms with Crippen molar-refractivity contribution in [3.8, 4) is 10.6 Å². The van der Waals surface area contributed by atoms with Crippen LogP contribution in [-0.2, 0) is 5.75 Å². The van der Waals surface area contributed by atoms with Gasteiger partial charge in [-0.2, -0.15) is 4.98 Å². The number of nitrogens with zero attached hydrogens (tertiary/aromatic N) is 1. The first-order chi connectivity index (χ1) is 20.9. The second-order valence-electron chi connectivity index (χ2n) is 9.33. The van der Waals surface area contributed by atoms with Crippen molar-refractivity contribution in [3.63, 3.8) is 0 Å². The highest BCUT2D eigenvalue weighted by Gasteiger charge is 2.52. The van der Waals surface area contributed by atoms with Crippen molar-refractivity contribution >= 4 is 51.7 Å². The molecule has 0 aliphatic heterocycles. The zero-order valence-corrected chi connectivity index (χ0v) is 26.1.